The molecule has 0 saturated heterocycles. The average Bonchev–Trinajstić information content (AvgIpc) is 2.96. The maximum Gasteiger partial charge on any atom is 0.232 e. The van der Waals surface area contributed by atoms with Crippen LogP contribution in [-0.2, 0) is 5.75 Å². The maximum absolute atomic E-state index is 13.5. The molecular formula is C15H17FN2O2S. The first-order chi connectivity index (χ1) is 10.2. The van der Waals surface area contributed by atoms with E-state index in [0.29, 0.717) is 22.4 Å². The number of aromatic nitrogens is 2. The second-order valence-corrected chi connectivity index (χ2v) is 6.24. The van der Waals surface area contributed by atoms with Crippen molar-refractivity contribution in [3.8, 4) is 0 Å². The van der Waals surface area contributed by atoms with E-state index in [-0.39, 0.29) is 11.7 Å². The van der Waals surface area contributed by atoms with E-state index in [1.165, 1.54) is 17.8 Å². The Morgan fingerprint density at radius 1 is 1.29 bits per heavy atom. The highest BCUT2D eigenvalue weighted by Gasteiger charge is 2.29. The third kappa shape index (κ3) is 3.44. The molecule has 6 heteroatoms. The second kappa shape index (κ2) is 6.58. The summed E-state index contributed by atoms with van der Waals surface area (Å²) in [6.45, 7) is 0. The van der Waals surface area contributed by atoms with Gasteiger partial charge < -0.3 is 9.63 Å². The Morgan fingerprint density at radius 3 is 2.90 bits per heavy atom. The van der Waals surface area contributed by atoms with E-state index in [1.54, 1.807) is 18.2 Å². The molecule has 1 saturated carbocycles. The normalized spacial score (nSPS) is 22.4. The molecule has 0 bridgehead atoms. The lowest BCUT2D eigenvalue weighted by atomic mass is 9.86. The quantitative estimate of drug-likeness (QED) is 0.876. The molecule has 0 aliphatic heterocycles. The number of benzene rings is 1. The summed E-state index contributed by atoms with van der Waals surface area (Å²) >= 11 is 1.34. The van der Waals surface area contributed by atoms with Crippen LogP contribution in [0, 0.1) is 5.82 Å². The molecule has 4 nitrogen and oxygen atoms in total. The molecular weight excluding hydrogens is 291 g/mol. The van der Waals surface area contributed by atoms with Crippen LogP contribution in [0.3, 0.4) is 0 Å². The van der Waals surface area contributed by atoms with Crippen molar-refractivity contribution in [3.63, 3.8) is 0 Å². The van der Waals surface area contributed by atoms with Crippen LogP contribution in [0.4, 0.5) is 4.39 Å². The van der Waals surface area contributed by atoms with E-state index in [9.17, 15) is 9.50 Å². The molecule has 1 aromatic heterocycles. The fraction of sp³-hybridized carbons (Fsp3) is 0.467. The van der Waals surface area contributed by atoms with Crippen molar-refractivity contribution in [1.29, 1.82) is 0 Å². The van der Waals surface area contributed by atoms with Gasteiger partial charge in [-0.2, -0.15) is 4.98 Å². The molecule has 3 rings (SSSR count). The Balaban J connectivity index is 1.64. The maximum atomic E-state index is 13.5. The monoisotopic (exact) mass is 308 g/mol. The molecule has 0 spiro atoms. The number of rotatable bonds is 4. The lowest BCUT2D eigenvalue weighted by Gasteiger charge is -2.24. The van der Waals surface area contributed by atoms with Gasteiger partial charge in [0.2, 0.25) is 5.89 Å². The van der Waals surface area contributed by atoms with Crippen LogP contribution < -0.4 is 0 Å². The first-order valence-electron chi connectivity index (χ1n) is 7.12. The van der Waals surface area contributed by atoms with Crippen molar-refractivity contribution in [2.45, 2.75) is 48.4 Å². The largest absolute Gasteiger partial charge is 0.392 e. The zero-order valence-electron chi connectivity index (χ0n) is 11.5. The van der Waals surface area contributed by atoms with Crippen molar-refractivity contribution in [2.75, 3.05) is 0 Å². The van der Waals surface area contributed by atoms with Crippen LogP contribution >= 0.6 is 11.8 Å². The molecule has 1 fully saturated rings. The molecule has 1 N–H and O–H groups in total. The number of hydrogen-bond donors (Lipinski definition) is 1. The van der Waals surface area contributed by atoms with E-state index in [0.717, 1.165) is 25.7 Å². The van der Waals surface area contributed by atoms with Gasteiger partial charge in [0.15, 0.2) is 5.82 Å². The van der Waals surface area contributed by atoms with Gasteiger partial charge in [0.05, 0.1) is 17.8 Å². The van der Waals surface area contributed by atoms with Crippen LogP contribution in [0.2, 0.25) is 0 Å². The topological polar surface area (TPSA) is 59.2 Å². The fourth-order valence-electron chi connectivity index (χ4n) is 2.58. The SMILES string of the molecule is OC1CCCCC1c1nc(CSc2ccccc2F)no1. The minimum atomic E-state index is -0.397. The third-order valence-corrected chi connectivity index (χ3v) is 4.77. The van der Waals surface area contributed by atoms with Crippen LogP contribution in [0.25, 0.3) is 0 Å². The highest BCUT2D eigenvalue weighted by atomic mass is 32.2. The van der Waals surface area contributed by atoms with Crippen LogP contribution in [-0.4, -0.2) is 21.4 Å². The zero-order valence-corrected chi connectivity index (χ0v) is 12.4. The van der Waals surface area contributed by atoms with Crippen molar-refractivity contribution < 1.29 is 14.0 Å². The van der Waals surface area contributed by atoms with E-state index >= 15 is 0 Å². The number of aliphatic hydroxyl groups excluding tert-OH is 1. The lowest BCUT2D eigenvalue weighted by molar-refractivity contribution is 0.0908. The lowest BCUT2D eigenvalue weighted by Crippen LogP contribution is -2.22. The molecule has 2 atom stereocenters. The van der Waals surface area contributed by atoms with Crippen molar-refractivity contribution in [3.05, 3.63) is 41.8 Å². The minimum Gasteiger partial charge on any atom is -0.392 e. The molecule has 1 aliphatic carbocycles. The first-order valence-corrected chi connectivity index (χ1v) is 8.10. The summed E-state index contributed by atoms with van der Waals surface area (Å²) in [6.07, 6.45) is 3.38. The Morgan fingerprint density at radius 2 is 2.10 bits per heavy atom. The van der Waals surface area contributed by atoms with Gasteiger partial charge in [0.25, 0.3) is 0 Å². The van der Waals surface area contributed by atoms with Crippen LogP contribution in [0.1, 0.15) is 43.3 Å². The molecule has 2 unspecified atom stereocenters. The van der Waals surface area contributed by atoms with Crippen LogP contribution in [0.5, 0.6) is 0 Å². The standard InChI is InChI=1S/C15H17FN2O2S/c16-11-6-2-4-8-13(11)21-9-14-17-15(20-18-14)10-5-1-3-7-12(10)19/h2,4,6,8,10,12,19H,1,3,5,7,9H2. The van der Waals surface area contributed by atoms with E-state index in [2.05, 4.69) is 10.1 Å². The molecule has 0 amide bonds. The number of nitrogens with zero attached hydrogens (tertiary/aromatic N) is 2. The van der Waals surface area contributed by atoms with Crippen molar-refractivity contribution in [1.82, 2.24) is 10.1 Å². The van der Waals surface area contributed by atoms with Gasteiger partial charge in [-0.05, 0) is 25.0 Å². The summed E-state index contributed by atoms with van der Waals surface area (Å²) in [4.78, 5) is 4.92. The smallest absolute Gasteiger partial charge is 0.232 e. The summed E-state index contributed by atoms with van der Waals surface area (Å²) in [5, 5.41) is 13.9. The highest BCUT2D eigenvalue weighted by molar-refractivity contribution is 7.98. The molecule has 21 heavy (non-hydrogen) atoms. The van der Waals surface area contributed by atoms with Gasteiger partial charge in [-0.1, -0.05) is 30.1 Å². The number of hydrogen-bond acceptors (Lipinski definition) is 5. The molecule has 1 aliphatic rings. The number of halogens is 1. The van der Waals surface area contributed by atoms with E-state index in [4.69, 9.17) is 4.52 Å². The van der Waals surface area contributed by atoms with Crippen LogP contribution in [0.15, 0.2) is 33.7 Å². The molecule has 112 valence electrons. The van der Waals surface area contributed by atoms with E-state index in [1.807, 2.05) is 0 Å². The Kier molecular flexibility index (Phi) is 4.55. The third-order valence-electron chi connectivity index (χ3n) is 3.72. The first kappa shape index (κ1) is 14.5. The molecule has 1 heterocycles. The van der Waals surface area contributed by atoms with Gasteiger partial charge in [0, 0.05) is 4.90 Å². The fourth-order valence-corrected chi connectivity index (χ4v) is 3.36. The summed E-state index contributed by atoms with van der Waals surface area (Å²) in [5.41, 5.74) is 0. The Bertz CT molecular complexity index is 605. The predicted octanol–water partition coefficient (Wildman–Crippen LogP) is 3.52. The molecule has 2 aromatic rings. The molecule has 0 radical (unpaired) electrons. The van der Waals surface area contributed by atoms with Gasteiger partial charge in [0.1, 0.15) is 5.82 Å². The summed E-state index contributed by atoms with van der Waals surface area (Å²) in [6, 6.07) is 6.62. The number of thioether (sulfide) groups is 1. The van der Waals surface area contributed by atoms with E-state index < -0.39 is 6.10 Å². The Hall–Kier alpha value is -1.40. The van der Waals surface area contributed by atoms with Gasteiger partial charge in [-0.3, -0.25) is 0 Å². The molecule has 1 aromatic carbocycles. The Labute approximate surface area is 126 Å². The average molecular weight is 308 g/mol. The van der Waals surface area contributed by atoms with Gasteiger partial charge in [-0.25, -0.2) is 4.39 Å². The summed E-state index contributed by atoms with van der Waals surface area (Å²) in [5.74, 6) is 1.20. The van der Waals surface area contributed by atoms with Crippen molar-refractivity contribution >= 4 is 11.8 Å². The zero-order chi connectivity index (χ0) is 14.7. The van der Waals surface area contributed by atoms with Crippen molar-refractivity contribution in [2.24, 2.45) is 0 Å². The predicted molar refractivity (Wildman–Crippen MR) is 77.5 cm³/mol. The minimum absolute atomic E-state index is 0.0570. The summed E-state index contributed by atoms with van der Waals surface area (Å²) < 4.78 is 18.8. The van der Waals surface area contributed by atoms with Gasteiger partial charge >= 0.3 is 0 Å². The van der Waals surface area contributed by atoms with Gasteiger partial charge in [-0.15, -0.1) is 11.8 Å². The highest BCUT2D eigenvalue weighted by Crippen LogP contribution is 2.32. The summed E-state index contributed by atoms with van der Waals surface area (Å²) in [7, 11) is 0. The number of aliphatic hydroxyl groups is 1. The second-order valence-electron chi connectivity index (χ2n) is 5.23.